The second kappa shape index (κ2) is 13.4. The number of methoxy groups -OCH3 is 1. The van der Waals surface area contributed by atoms with E-state index in [2.05, 4.69) is 5.32 Å². The van der Waals surface area contributed by atoms with Crippen LogP contribution in [0.3, 0.4) is 0 Å². The van der Waals surface area contributed by atoms with Crippen molar-refractivity contribution >= 4 is 29.3 Å². The first-order valence-corrected chi connectivity index (χ1v) is 13.5. The third kappa shape index (κ3) is 7.70. The molecule has 3 aromatic carbocycles. The van der Waals surface area contributed by atoms with Crippen LogP contribution < -0.4 is 15.0 Å². The van der Waals surface area contributed by atoms with Crippen molar-refractivity contribution in [1.29, 1.82) is 0 Å². The molecule has 0 saturated carbocycles. The Kier molecular flexibility index (Phi) is 9.69. The van der Waals surface area contributed by atoms with Crippen LogP contribution in [0.1, 0.15) is 21.5 Å². The van der Waals surface area contributed by atoms with Crippen molar-refractivity contribution in [2.45, 2.75) is 18.6 Å². The van der Waals surface area contributed by atoms with Crippen molar-refractivity contribution in [3.05, 3.63) is 95.6 Å². The summed E-state index contributed by atoms with van der Waals surface area (Å²) in [4.78, 5) is 56.0. The molecule has 1 aliphatic heterocycles. The average molecular weight is 597 g/mol. The molecular formula is C31H31F3N4O5. The van der Waals surface area contributed by atoms with Crippen LogP contribution in [0.15, 0.2) is 78.9 Å². The molecule has 12 heteroatoms. The van der Waals surface area contributed by atoms with E-state index in [0.717, 1.165) is 22.6 Å². The van der Waals surface area contributed by atoms with Gasteiger partial charge in [-0.1, -0.05) is 42.5 Å². The molecule has 0 aromatic heterocycles. The van der Waals surface area contributed by atoms with Gasteiger partial charge in [-0.2, -0.15) is 13.2 Å². The molecule has 1 saturated heterocycles. The summed E-state index contributed by atoms with van der Waals surface area (Å²) in [7, 11) is 3.12. The fourth-order valence-corrected chi connectivity index (χ4v) is 4.77. The lowest BCUT2D eigenvalue weighted by molar-refractivity contribution is -0.140. The molecule has 0 unspecified atom stereocenters. The summed E-state index contributed by atoms with van der Waals surface area (Å²) in [5.74, 6) is -1.86. The number of hydrogen-bond acceptors (Lipinski definition) is 5. The predicted molar refractivity (Wildman–Crippen MR) is 152 cm³/mol. The van der Waals surface area contributed by atoms with Crippen molar-refractivity contribution in [3.63, 3.8) is 0 Å². The van der Waals surface area contributed by atoms with Gasteiger partial charge < -0.3 is 24.8 Å². The minimum absolute atomic E-state index is 0.0589. The molecule has 226 valence electrons. The SMILES string of the molecule is COc1ccc(N(C)C(=O)[C@H](Cc2ccccc2)NC(=O)CN2CCN(C(=O)c3ccccc3C(F)(F)F)CC2=O)cc1. The van der Waals surface area contributed by atoms with Crippen LogP contribution >= 0.6 is 0 Å². The van der Waals surface area contributed by atoms with E-state index in [4.69, 9.17) is 4.74 Å². The summed E-state index contributed by atoms with van der Waals surface area (Å²) >= 11 is 0. The van der Waals surface area contributed by atoms with Crippen LogP contribution in [0.4, 0.5) is 18.9 Å². The topological polar surface area (TPSA) is 99.3 Å². The molecule has 9 nitrogen and oxygen atoms in total. The molecule has 1 atom stereocenters. The number of ether oxygens (including phenoxy) is 1. The van der Waals surface area contributed by atoms with E-state index in [9.17, 15) is 32.3 Å². The zero-order valence-corrected chi connectivity index (χ0v) is 23.6. The molecule has 1 heterocycles. The van der Waals surface area contributed by atoms with Gasteiger partial charge in [-0.05, 0) is 42.0 Å². The molecule has 3 aromatic rings. The summed E-state index contributed by atoms with van der Waals surface area (Å²) in [6.45, 7) is -0.985. The molecule has 0 bridgehead atoms. The number of amides is 4. The predicted octanol–water partition coefficient (Wildman–Crippen LogP) is 3.39. The quantitative estimate of drug-likeness (QED) is 0.409. The molecule has 0 aliphatic carbocycles. The van der Waals surface area contributed by atoms with Crippen LogP contribution in [-0.2, 0) is 27.0 Å². The van der Waals surface area contributed by atoms with Gasteiger partial charge in [0.25, 0.3) is 5.91 Å². The number of anilines is 1. The van der Waals surface area contributed by atoms with Crippen molar-refractivity contribution in [2.24, 2.45) is 0 Å². The fraction of sp³-hybridized carbons (Fsp3) is 0.290. The first-order valence-electron chi connectivity index (χ1n) is 13.5. The van der Waals surface area contributed by atoms with Crippen molar-refractivity contribution in [1.82, 2.24) is 15.1 Å². The number of nitrogens with one attached hydrogen (secondary N) is 1. The van der Waals surface area contributed by atoms with Gasteiger partial charge in [0.15, 0.2) is 0 Å². The molecule has 4 amide bonds. The Morgan fingerprint density at radius 2 is 1.60 bits per heavy atom. The van der Waals surface area contributed by atoms with E-state index in [1.165, 1.54) is 29.0 Å². The summed E-state index contributed by atoms with van der Waals surface area (Å²) in [5, 5.41) is 2.74. The molecule has 4 rings (SSSR count). The lowest BCUT2D eigenvalue weighted by Crippen LogP contribution is -2.56. The Balaban J connectivity index is 1.42. The van der Waals surface area contributed by atoms with Gasteiger partial charge in [0.1, 0.15) is 18.3 Å². The van der Waals surface area contributed by atoms with Crippen LogP contribution in [-0.4, -0.2) is 79.8 Å². The average Bonchev–Trinajstić information content (AvgIpc) is 3.00. The highest BCUT2D eigenvalue weighted by molar-refractivity contribution is 6.00. The largest absolute Gasteiger partial charge is 0.497 e. The molecule has 1 fully saturated rings. The summed E-state index contributed by atoms with van der Waals surface area (Å²) in [5.41, 5.74) is -0.229. The number of carbonyl (C=O) groups excluding carboxylic acids is 4. The highest BCUT2D eigenvalue weighted by atomic mass is 19.4. The van der Waals surface area contributed by atoms with Crippen LogP contribution in [0.5, 0.6) is 5.75 Å². The maximum Gasteiger partial charge on any atom is 0.417 e. The number of nitrogens with zero attached hydrogens (tertiary/aromatic N) is 3. The van der Waals surface area contributed by atoms with E-state index in [1.54, 1.807) is 31.3 Å². The van der Waals surface area contributed by atoms with Gasteiger partial charge in [0.05, 0.1) is 24.8 Å². The number of rotatable bonds is 9. The summed E-state index contributed by atoms with van der Waals surface area (Å²) in [6.07, 6.45) is -4.54. The number of carbonyl (C=O) groups is 4. The number of alkyl halides is 3. The van der Waals surface area contributed by atoms with Gasteiger partial charge in [0.2, 0.25) is 17.7 Å². The number of halogens is 3. The number of benzene rings is 3. The Morgan fingerprint density at radius 3 is 2.23 bits per heavy atom. The van der Waals surface area contributed by atoms with Crippen LogP contribution in [0.2, 0.25) is 0 Å². The molecule has 0 radical (unpaired) electrons. The standard InChI is InChI=1S/C31H31F3N4O5/c1-36(22-12-14-23(43-2)15-13-22)30(42)26(18-21-8-4-3-5-9-21)35-27(39)19-37-16-17-38(20-28(37)40)29(41)24-10-6-7-11-25(24)31(32,33)34/h3-15,26H,16-20H2,1-2H3,(H,35,39)/t26-/m0/s1. The minimum Gasteiger partial charge on any atom is -0.497 e. The van der Waals surface area contributed by atoms with E-state index >= 15 is 0 Å². The van der Waals surface area contributed by atoms with Gasteiger partial charge in [-0.25, -0.2) is 0 Å². The zero-order valence-electron chi connectivity index (χ0n) is 23.6. The molecular weight excluding hydrogens is 565 g/mol. The second-order valence-corrected chi connectivity index (χ2v) is 9.99. The normalized spacial score (nSPS) is 14.2. The van der Waals surface area contributed by atoms with E-state index < -0.39 is 47.6 Å². The highest BCUT2D eigenvalue weighted by Crippen LogP contribution is 2.32. The maximum absolute atomic E-state index is 13.5. The van der Waals surface area contributed by atoms with Crippen molar-refractivity contribution in [2.75, 3.05) is 45.2 Å². The lowest BCUT2D eigenvalue weighted by atomic mass is 10.0. The Bertz CT molecular complexity index is 1460. The molecule has 1 N–H and O–H groups in total. The van der Waals surface area contributed by atoms with Crippen molar-refractivity contribution < 1.29 is 37.1 Å². The van der Waals surface area contributed by atoms with Crippen LogP contribution in [0.25, 0.3) is 0 Å². The number of likely N-dealkylation sites (N-methyl/N-ethyl adjacent to an activating group) is 1. The summed E-state index contributed by atoms with van der Waals surface area (Å²) in [6, 6.07) is 19.4. The third-order valence-corrected chi connectivity index (χ3v) is 7.11. The first-order chi connectivity index (χ1) is 20.5. The lowest BCUT2D eigenvalue weighted by Gasteiger charge is -2.34. The monoisotopic (exact) mass is 596 g/mol. The van der Waals surface area contributed by atoms with Gasteiger partial charge in [-0.3, -0.25) is 19.2 Å². The maximum atomic E-state index is 13.5. The van der Waals surface area contributed by atoms with Gasteiger partial charge in [0, 0.05) is 32.2 Å². The smallest absolute Gasteiger partial charge is 0.417 e. The Labute approximate surface area is 246 Å². The fourth-order valence-electron chi connectivity index (χ4n) is 4.77. The molecule has 1 aliphatic rings. The number of hydrogen-bond donors (Lipinski definition) is 1. The van der Waals surface area contributed by atoms with E-state index in [1.807, 2.05) is 30.3 Å². The minimum atomic E-state index is -4.73. The van der Waals surface area contributed by atoms with E-state index in [-0.39, 0.29) is 32.0 Å². The first kappa shape index (κ1) is 31.1. The second-order valence-electron chi connectivity index (χ2n) is 9.99. The van der Waals surface area contributed by atoms with Crippen LogP contribution in [0, 0.1) is 0 Å². The Morgan fingerprint density at radius 1 is 0.953 bits per heavy atom. The highest BCUT2D eigenvalue weighted by Gasteiger charge is 2.37. The zero-order chi connectivity index (χ0) is 31.1. The van der Waals surface area contributed by atoms with Gasteiger partial charge >= 0.3 is 6.18 Å². The number of piperazine rings is 1. The van der Waals surface area contributed by atoms with E-state index in [0.29, 0.717) is 11.4 Å². The molecule has 0 spiro atoms. The van der Waals surface area contributed by atoms with Crippen molar-refractivity contribution in [3.8, 4) is 5.75 Å². The third-order valence-electron chi connectivity index (χ3n) is 7.11. The molecule has 43 heavy (non-hydrogen) atoms. The summed E-state index contributed by atoms with van der Waals surface area (Å²) < 4.78 is 45.4. The van der Waals surface area contributed by atoms with Gasteiger partial charge in [-0.15, -0.1) is 0 Å². The Hall–Kier alpha value is -4.87.